The van der Waals surface area contributed by atoms with Crippen LogP contribution in [0.25, 0.3) is 10.9 Å². The highest BCUT2D eigenvalue weighted by Gasteiger charge is 2.10. The molecule has 2 N–H and O–H groups in total. The van der Waals surface area contributed by atoms with Gasteiger partial charge in [0.2, 0.25) is 0 Å². The van der Waals surface area contributed by atoms with E-state index in [4.69, 9.17) is 22.1 Å². The number of rotatable bonds is 2. The zero-order valence-electron chi connectivity index (χ0n) is 10.3. The molecule has 3 rings (SSSR count). The van der Waals surface area contributed by atoms with E-state index in [0.29, 0.717) is 17.0 Å². The molecule has 1 aromatic heterocycles. The van der Waals surface area contributed by atoms with Crippen molar-refractivity contribution < 1.29 is 9.13 Å². The first-order valence-corrected chi connectivity index (χ1v) is 6.29. The molecule has 1 heterocycles. The molecule has 0 aliphatic carbocycles. The molecule has 100 valence electrons. The van der Waals surface area contributed by atoms with Crippen molar-refractivity contribution in [3.63, 3.8) is 0 Å². The van der Waals surface area contributed by atoms with Crippen molar-refractivity contribution >= 4 is 28.2 Å². The number of halogens is 2. The third kappa shape index (κ3) is 2.26. The van der Waals surface area contributed by atoms with Crippen molar-refractivity contribution in [3.8, 4) is 11.5 Å². The molecule has 0 unspecified atom stereocenters. The Morgan fingerprint density at radius 1 is 1.10 bits per heavy atom. The van der Waals surface area contributed by atoms with E-state index in [1.807, 2.05) is 0 Å². The summed E-state index contributed by atoms with van der Waals surface area (Å²) in [6.45, 7) is 0. The van der Waals surface area contributed by atoms with E-state index in [9.17, 15) is 4.39 Å². The van der Waals surface area contributed by atoms with Crippen LogP contribution in [-0.2, 0) is 0 Å². The number of hydrogen-bond acceptors (Lipinski definition) is 3. The monoisotopic (exact) mass is 288 g/mol. The summed E-state index contributed by atoms with van der Waals surface area (Å²) in [5.41, 5.74) is 7.00. The second-order valence-electron chi connectivity index (χ2n) is 4.24. The lowest BCUT2D eigenvalue weighted by Crippen LogP contribution is -1.92. The molecule has 0 radical (unpaired) electrons. The fourth-order valence-electron chi connectivity index (χ4n) is 1.91. The van der Waals surface area contributed by atoms with E-state index in [-0.39, 0.29) is 10.8 Å². The maximum atomic E-state index is 13.9. The first-order chi connectivity index (χ1) is 9.65. The van der Waals surface area contributed by atoms with Crippen molar-refractivity contribution in [2.75, 3.05) is 5.73 Å². The standard InChI is InChI=1S/C15H10ClFN2O/c16-11-2-1-3-14(15(11)17)20-13-6-7-19-12-8-9(18)4-5-10(12)13/h1-8H,18H2. The quantitative estimate of drug-likeness (QED) is 0.711. The van der Waals surface area contributed by atoms with Crippen LogP contribution in [0.3, 0.4) is 0 Å². The molecular weight excluding hydrogens is 279 g/mol. The Bertz CT molecular complexity index is 792. The molecule has 0 spiro atoms. The highest BCUT2D eigenvalue weighted by atomic mass is 35.5. The Labute approximate surface area is 119 Å². The molecule has 0 saturated heterocycles. The average molecular weight is 289 g/mol. The van der Waals surface area contributed by atoms with Gasteiger partial charge in [-0.1, -0.05) is 17.7 Å². The molecule has 0 saturated carbocycles. The van der Waals surface area contributed by atoms with Gasteiger partial charge in [0.1, 0.15) is 5.75 Å². The van der Waals surface area contributed by atoms with Crippen LogP contribution >= 0.6 is 11.6 Å². The summed E-state index contributed by atoms with van der Waals surface area (Å²) in [4.78, 5) is 4.20. The molecule has 5 heteroatoms. The lowest BCUT2D eigenvalue weighted by Gasteiger charge is -2.10. The maximum absolute atomic E-state index is 13.9. The average Bonchev–Trinajstić information content (AvgIpc) is 2.44. The number of nitrogen functional groups attached to an aromatic ring is 1. The molecule has 2 aromatic carbocycles. The number of fused-ring (bicyclic) bond motifs is 1. The normalized spacial score (nSPS) is 10.7. The largest absolute Gasteiger partial charge is 0.453 e. The van der Waals surface area contributed by atoms with Crippen LogP contribution in [0.4, 0.5) is 10.1 Å². The zero-order valence-corrected chi connectivity index (χ0v) is 11.1. The Morgan fingerprint density at radius 3 is 2.80 bits per heavy atom. The summed E-state index contributed by atoms with van der Waals surface area (Å²) in [6.07, 6.45) is 1.58. The fraction of sp³-hybridized carbons (Fsp3) is 0. The van der Waals surface area contributed by atoms with Gasteiger partial charge in [-0.05, 0) is 36.4 Å². The Hall–Kier alpha value is -2.33. The number of aromatic nitrogens is 1. The minimum Gasteiger partial charge on any atom is -0.453 e. The number of hydrogen-bond donors (Lipinski definition) is 1. The first-order valence-electron chi connectivity index (χ1n) is 5.91. The predicted octanol–water partition coefficient (Wildman–Crippen LogP) is 4.40. The summed E-state index contributed by atoms with van der Waals surface area (Å²) in [6, 6.07) is 11.5. The molecule has 0 aliphatic heterocycles. The van der Waals surface area contributed by atoms with Gasteiger partial charge in [-0.15, -0.1) is 0 Å². The molecule has 3 aromatic rings. The second-order valence-corrected chi connectivity index (χ2v) is 4.65. The summed E-state index contributed by atoms with van der Waals surface area (Å²) in [5, 5.41) is 0.770. The van der Waals surface area contributed by atoms with Crippen molar-refractivity contribution in [3.05, 3.63) is 59.5 Å². The Kier molecular flexibility index (Phi) is 3.16. The van der Waals surface area contributed by atoms with Crippen LogP contribution in [0.5, 0.6) is 11.5 Å². The van der Waals surface area contributed by atoms with Crippen LogP contribution in [0.1, 0.15) is 0 Å². The minimum absolute atomic E-state index is 0.0186. The SMILES string of the molecule is Nc1ccc2c(Oc3cccc(Cl)c3F)ccnc2c1. The predicted molar refractivity (Wildman–Crippen MR) is 77.6 cm³/mol. The molecule has 3 nitrogen and oxygen atoms in total. The third-order valence-corrected chi connectivity index (χ3v) is 3.15. The van der Waals surface area contributed by atoms with Crippen molar-refractivity contribution in [2.45, 2.75) is 0 Å². The molecular formula is C15H10ClFN2O. The lowest BCUT2D eigenvalue weighted by molar-refractivity contribution is 0.446. The van der Waals surface area contributed by atoms with E-state index in [1.54, 1.807) is 36.5 Å². The highest BCUT2D eigenvalue weighted by Crippen LogP contribution is 2.32. The van der Waals surface area contributed by atoms with Gasteiger partial charge in [-0.2, -0.15) is 0 Å². The van der Waals surface area contributed by atoms with E-state index in [2.05, 4.69) is 4.98 Å². The smallest absolute Gasteiger partial charge is 0.184 e. The highest BCUT2D eigenvalue weighted by molar-refractivity contribution is 6.30. The molecule has 0 amide bonds. The second kappa shape index (κ2) is 4.98. The maximum Gasteiger partial charge on any atom is 0.184 e. The summed E-state index contributed by atoms with van der Waals surface area (Å²) in [7, 11) is 0. The van der Waals surface area contributed by atoms with E-state index in [1.165, 1.54) is 12.1 Å². The number of benzene rings is 2. The third-order valence-electron chi connectivity index (χ3n) is 2.86. The fourth-order valence-corrected chi connectivity index (χ4v) is 2.08. The van der Waals surface area contributed by atoms with Gasteiger partial charge < -0.3 is 10.5 Å². The molecule has 0 bridgehead atoms. The summed E-state index contributed by atoms with van der Waals surface area (Å²) >= 11 is 5.74. The molecule has 0 atom stereocenters. The first kappa shape index (κ1) is 12.7. The molecule has 20 heavy (non-hydrogen) atoms. The Morgan fingerprint density at radius 2 is 1.95 bits per heavy atom. The summed E-state index contributed by atoms with van der Waals surface area (Å²) < 4.78 is 19.5. The number of ether oxygens (including phenoxy) is 1. The zero-order chi connectivity index (χ0) is 14.1. The number of nitrogens with zero attached hydrogens (tertiary/aromatic N) is 1. The minimum atomic E-state index is -0.588. The molecule has 0 aliphatic rings. The van der Waals surface area contributed by atoms with Gasteiger partial charge >= 0.3 is 0 Å². The van der Waals surface area contributed by atoms with Crippen LogP contribution in [0.2, 0.25) is 5.02 Å². The van der Waals surface area contributed by atoms with Gasteiger partial charge in [0.15, 0.2) is 11.6 Å². The summed E-state index contributed by atoms with van der Waals surface area (Å²) in [5.74, 6) is -0.0208. The van der Waals surface area contributed by atoms with Gasteiger partial charge in [-0.25, -0.2) is 4.39 Å². The van der Waals surface area contributed by atoms with Crippen LogP contribution in [-0.4, -0.2) is 4.98 Å². The van der Waals surface area contributed by atoms with Crippen LogP contribution in [0, 0.1) is 5.82 Å². The van der Waals surface area contributed by atoms with Gasteiger partial charge in [0.05, 0.1) is 10.5 Å². The van der Waals surface area contributed by atoms with Crippen molar-refractivity contribution in [2.24, 2.45) is 0 Å². The number of pyridine rings is 1. The van der Waals surface area contributed by atoms with E-state index in [0.717, 1.165) is 5.39 Å². The lowest BCUT2D eigenvalue weighted by atomic mass is 10.2. The van der Waals surface area contributed by atoms with Crippen molar-refractivity contribution in [1.82, 2.24) is 4.98 Å². The van der Waals surface area contributed by atoms with Gasteiger partial charge in [0, 0.05) is 17.3 Å². The molecule has 0 fully saturated rings. The van der Waals surface area contributed by atoms with Crippen LogP contribution < -0.4 is 10.5 Å². The number of nitrogens with two attached hydrogens (primary N) is 1. The van der Waals surface area contributed by atoms with Gasteiger partial charge in [-0.3, -0.25) is 4.98 Å². The van der Waals surface area contributed by atoms with E-state index < -0.39 is 5.82 Å². The Balaban J connectivity index is 2.09. The topological polar surface area (TPSA) is 48.1 Å². The van der Waals surface area contributed by atoms with Gasteiger partial charge in [0.25, 0.3) is 0 Å². The van der Waals surface area contributed by atoms with Crippen molar-refractivity contribution in [1.29, 1.82) is 0 Å². The number of anilines is 1. The van der Waals surface area contributed by atoms with Crippen LogP contribution in [0.15, 0.2) is 48.7 Å². The van der Waals surface area contributed by atoms with E-state index >= 15 is 0 Å².